The average Bonchev–Trinajstić information content (AvgIpc) is 3.29. The highest BCUT2D eigenvalue weighted by atomic mass is 16.7. The van der Waals surface area contributed by atoms with Gasteiger partial charge in [0, 0.05) is 33.3 Å². The lowest BCUT2D eigenvalue weighted by Gasteiger charge is -2.33. The zero-order valence-corrected chi connectivity index (χ0v) is 19.6. The highest BCUT2D eigenvalue weighted by molar-refractivity contribution is 4.99. The van der Waals surface area contributed by atoms with Crippen LogP contribution < -0.4 is 0 Å². The van der Waals surface area contributed by atoms with Gasteiger partial charge in [0.15, 0.2) is 12.6 Å². The molecular weight excluding hydrogens is 442 g/mol. The maximum absolute atomic E-state index is 10.0. The molecule has 0 amide bonds. The summed E-state index contributed by atoms with van der Waals surface area (Å²) in [5, 5.41) is 61.5. The summed E-state index contributed by atoms with van der Waals surface area (Å²) >= 11 is 0. The van der Waals surface area contributed by atoms with Crippen molar-refractivity contribution in [1.29, 1.82) is 0 Å². The van der Waals surface area contributed by atoms with Crippen molar-refractivity contribution in [1.82, 2.24) is 15.0 Å². The molecule has 3 rings (SSSR count). The van der Waals surface area contributed by atoms with Gasteiger partial charge < -0.3 is 49.6 Å². The number of rotatable bonds is 8. The third-order valence-corrected chi connectivity index (χ3v) is 4.96. The molecule has 33 heavy (non-hydrogen) atoms. The van der Waals surface area contributed by atoms with Crippen LogP contribution in [0.4, 0.5) is 0 Å². The lowest BCUT2D eigenvalue weighted by molar-refractivity contribution is -0.252. The topological polar surface area (TPSA) is 189 Å². The van der Waals surface area contributed by atoms with Gasteiger partial charge in [-0.1, -0.05) is 19.1 Å². The maximum Gasteiger partial charge on any atom is 0.183 e. The van der Waals surface area contributed by atoms with Crippen molar-refractivity contribution >= 4 is 0 Å². The number of hydrogen-bond donors (Lipinski definition) is 6. The summed E-state index contributed by atoms with van der Waals surface area (Å²) in [5.41, 5.74) is 0.809. The minimum absolute atomic E-state index is 0.0914. The fourth-order valence-electron chi connectivity index (χ4n) is 3.21. The number of aliphatic hydroxyl groups excluding tert-OH is 6. The number of ether oxygens (including phenoxy) is 4. The van der Waals surface area contributed by atoms with E-state index >= 15 is 0 Å². The molecular formula is C20H39N3O10. The van der Waals surface area contributed by atoms with Gasteiger partial charge in [0.25, 0.3) is 0 Å². The Balaban J connectivity index is 0.00000129. The molecule has 2 fully saturated rings. The second kappa shape index (κ2) is 15.6. The van der Waals surface area contributed by atoms with Crippen molar-refractivity contribution in [2.45, 2.75) is 75.6 Å². The molecule has 6 unspecified atom stereocenters. The molecule has 13 nitrogen and oxygen atoms in total. The van der Waals surface area contributed by atoms with Crippen LogP contribution in [-0.4, -0.2) is 123 Å². The molecule has 3 heterocycles. The normalized spacial score (nSPS) is 30.6. The summed E-state index contributed by atoms with van der Waals surface area (Å²) in [6.45, 7) is 4.40. The summed E-state index contributed by atoms with van der Waals surface area (Å²) in [5.74, 6) is 0.196. The SMILES string of the molecule is CC(C)c1cn(C(COC2OCC(O)CC2O)COC2OCC(O)CC2O)nn1.CO.CO. The monoisotopic (exact) mass is 481 g/mol. The smallest absolute Gasteiger partial charge is 0.183 e. The van der Waals surface area contributed by atoms with E-state index in [9.17, 15) is 20.4 Å². The van der Waals surface area contributed by atoms with Crippen molar-refractivity contribution in [3.63, 3.8) is 0 Å². The summed E-state index contributed by atoms with van der Waals surface area (Å²) in [6.07, 6.45) is -2.87. The van der Waals surface area contributed by atoms with Gasteiger partial charge in [-0.25, -0.2) is 4.68 Å². The van der Waals surface area contributed by atoms with E-state index in [1.807, 2.05) is 13.8 Å². The molecule has 1 aromatic heterocycles. The molecule has 1 aromatic rings. The van der Waals surface area contributed by atoms with Crippen molar-refractivity contribution < 1.29 is 49.6 Å². The van der Waals surface area contributed by atoms with Gasteiger partial charge >= 0.3 is 0 Å². The van der Waals surface area contributed by atoms with E-state index in [1.165, 1.54) is 0 Å². The Morgan fingerprint density at radius 3 is 1.73 bits per heavy atom. The minimum atomic E-state index is -0.938. The second-order valence-electron chi connectivity index (χ2n) is 7.92. The first-order chi connectivity index (χ1) is 15.8. The Labute approximate surface area is 193 Å². The van der Waals surface area contributed by atoms with Gasteiger partial charge in [-0.2, -0.15) is 0 Å². The molecule has 2 aliphatic rings. The van der Waals surface area contributed by atoms with Crippen molar-refractivity contribution in [2.75, 3.05) is 40.6 Å². The van der Waals surface area contributed by atoms with Gasteiger partial charge in [0.2, 0.25) is 0 Å². The third kappa shape index (κ3) is 9.48. The summed E-state index contributed by atoms with van der Waals surface area (Å²) < 4.78 is 23.8. The second-order valence-corrected chi connectivity index (χ2v) is 7.92. The van der Waals surface area contributed by atoms with E-state index in [-0.39, 0.29) is 45.2 Å². The lowest BCUT2D eigenvalue weighted by atomic mass is 10.1. The van der Waals surface area contributed by atoms with Crippen molar-refractivity contribution in [2.24, 2.45) is 0 Å². The summed E-state index contributed by atoms with van der Waals surface area (Å²) in [7, 11) is 2.00. The fraction of sp³-hybridized carbons (Fsp3) is 0.900. The quantitative estimate of drug-likeness (QED) is 0.243. The Morgan fingerprint density at radius 2 is 1.36 bits per heavy atom. The Hall–Kier alpha value is -1.26. The molecule has 0 saturated carbocycles. The van der Waals surface area contributed by atoms with Crippen LogP contribution in [0.3, 0.4) is 0 Å². The van der Waals surface area contributed by atoms with Crippen molar-refractivity contribution in [3.8, 4) is 0 Å². The molecule has 2 saturated heterocycles. The lowest BCUT2D eigenvalue weighted by Crippen LogP contribution is -2.44. The zero-order chi connectivity index (χ0) is 25.0. The third-order valence-electron chi connectivity index (χ3n) is 4.96. The van der Waals surface area contributed by atoms with Crippen LogP contribution in [0.25, 0.3) is 0 Å². The summed E-state index contributed by atoms with van der Waals surface area (Å²) in [6, 6.07) is -0.416. The maximum atomic E-state index is 10.0. The average molecular weight is 482 g/mol. The van der Waals surface area contributed by atoms with E-state index in [1.54, 1.807) is 10.9 Å². The molecule has 6 atom stereocenters. The molecule has 0 radical (unpaired) electrons. The van der Waals surface area contributed by atoms with Crippen LogP contribution in [0.2, 0.25) is 0 Å². The standard InChI is InChI=1S/C18H31N3O8.2CH4O/c1-10(2)14-5-21(20-19-14)11(6-26-17-15(24)3-12(22)8-28-17)7-27-18-16(25)4-13(23)9-29-18;2*1-2/h5,10-13,15-18,22-25H,3-4,6-9H2,1-2H3;2*2H,1H3. The van der Waals surface area contributed by atoms with Crippen LogP contribution in [0.15, 0.2) is 6.20 Å². The first-order valence-electron chi connectivity index (χ1n) is 10.8. The molecule has 6 N–H and O–H groups in total. The molecule has 0 spiro atoms. The number of nitrogens with zero attached hydrogens (tertiary/aromatic N) is 3. The fourth-order valence-corrected chi connectivity index (χ4v) is 3.21. The zero-order valence-electron chi connectivity index (χ0n) is 19.6. The Kier molecular flexibility index (Phi) is 14.1. The minimum Gasteiger partial charge on any atom is -0.400 e. The molecule has 194 valence electrons. The van der Waals surface area contributed by atoms with E-state index in [4.69, 9.17) is 29.2 Å². The number of aromatic nitrogens is 3. The summed E-state index contributed by atoms with van der Waals surface area (Å²) in [4.78, 5) is 0. The highest BCUT2D eigenvalue weighted by Gasteiger charge is 2.33. The number of hydrogen-bond acceptors (Lipinski definition) is 12. The van der Waals surface area contributed by atoms with Gasteiger partial charge in [-0.05, 0) is 5.92 Å². The molecule has 0 aliphatic carbocycles. The largest absolute Gasteiger partial charge is 0.400 e. The van der Waals surface area contributed by atoms with Crippen LogP contribution in [0, 0.1) is 0 Å². The van der Waals surface area contributed by atoms with Gasteiger partial charge in [0.1, 0.15) is 18.2 Å². The van der Waals surface area contributed by atoms with Crippen LogP contribution in [0.5, 0.6) is 0 Å². The predicted molar refractivity (Wildman–Crippen MR) is 114 cm³/mol. The predicted octanol–water partition coefficient (Wildman–Crippen LogP) is -1.87. The Morgan fingerprint density at radius 1 is 0.909 bits per heavy atom. The van der Waals surface area contributed by atoms with E-state index in [0.717, 1.165) is 19.9 Å². The van der Waals surface area contributed by atoms with Crippen LogP contribution in [0.1, 0.15) is 44.3 Å². The van der Waals surface area contributed by atoms with Gasteiger partial charge in [-0.3, -0.25) is 0 Å². The first kappa shape index (κ1) is 29.8. The number of aliphatic hydroxyl groups is 6. The molecule has 0 aromatic carbocycles. The Bertz CT molecular complexity index is 605. The van der Waals surface area contributed by atoms with Gasteiger partial charge in [0.05, 0.1) is 44.3 Å². The van der Waals surface area contributed by atoms with Crippen LogP contribution in [-0.2, 0) is 18.9 Å². The van der Waals surface area contributed by atoms with Crippen LogP contribution >= 0.6 is 0 Å². The molecule has 0 bridgehead atoms. The van der Waals surface area contributed by atoms with E-state index in [0.29, 0.717) is 0 Å². The van der Waals surface area contributed by atoms with E-state index in [2.05, 4.69) is 10.3 Å². The molecule has 2 aliphatic heterocycles. The highest BCUT2D eigenvalue weighted by Crippen LogP contribution is 2.21. The van der Waals surface area contributed by atoms with Gasteiger partial charge in [-0.15, -0.1) is 5.10 Å². The molecule has 13 heteroatoms. The van der Waals surface area contributed by atoms with E-state index < -0.39 is 43.0 Å². The first-order valence-corrected chi connectivity index (χ1v) is 10.8. The van der Waals surface area contributed by atoms with Crippen molar-refractivity contribution in [3.05, 3.63) is 11.9 Å².